The van der Waals surface area contributed by atoms with Gasteiger partial charge in [-0.15, -0.1) is 0 Å². The van der Waals surface area contributed by atoms with Crippen LogP contribution in [-0.2, 0) is 31.7 Å². The number of nitrogens with zero attached hydrogens (tertiary/aromatic N) is 2. The predicted octanol–water partition coefficient (Wildman–Crippen LogP) is 3.17. The zero-order valence-electron chi connectivity index (χ0n) is 16.3. The molecular weight excluding hydrogens is 408 g/mol. The van der Waals surface area contributed by atoms with E-state index in [9.17, 15) is 13.2 Å². The van der Waals surface area contributed by atoms with Gasteiger partial charge in [0.1, 0.15) is 0 Å². The monoisotopic (exact) mass is 432 g/mol. The topological polar surface area (TPSA) is 77.7 Å². The maximum atomic E-state index is 12.4. The Labute approximate surface area is 174 Å². The Morgan fingerprint density at radius 3 is 2.59 bits per heavy atom. The van der Waals surface area contributed by atoms with Crippen LogP contribution in [0.3, 0.4) is 0 Å². The molecule has 0 radical (unpaired) electrons. The summed E-state index contributed by atoms with van der Waals surface area (Å²) in [5.74, 6) is -0.344. The summed E-state index contributed by atoms with van der Waals surface area (Å²) in [6.07, 6.45) is 0.368. The molecule has 0 spiro atoms. The van der Waals surface area contributed by atoms with E-state index in [0.29, 0.717) is 18.0 Å². The molecule has 0 saturated carbocycles. The number of sulfone groups is 1. The lowest BCUT2D eigenvalue weighted by Gasteiger charge is -2.04. The molecular formula is C21H24N2O4S2. The van der Waals surface area contributed by atoms with E-state index in [2.05, 4.69) is 4.99 Å². The SMILES string of the molecule is COCCn1c(=NC(=O)CCCS(=O)(=O)Cc2ccccc2)sc2ccccc21. The van der Waals surface area contributed by atoms with Crippen LogP contribution in [0, 0.1) is 0 Å². The van der Waals surface area contributed by atoms with Gasteiger partial charge < -0.3 is 9.30 Å². The molecule has 3 aromatic rings. The zero-order chi connectivity index (χ0) is 20.7. The van der Waals surface area contributed by atoms with Gasteiger partial charge in [-0.05, 0) is 24.1 Å². The summed E-state index contributed by atoms with van der Waals surface area (Å²) in [7, 11) is -1.62. The molecule has 0 N–H and O–H groups in total. The van der Waals surface area contributed by atoms with Gasteiger partial charge in [0.15, 0.2) is 14.6 Å². The van der Waals surface area contributed by atoms with Crippen LogP contribution in [0.5, 0.6) is 0 Å². The average Bonchev–Trinajstić information content (AvgIpc) is 3.03. The summed E-state index contributed by atoms with van der Waals surface area (Å²) in [6.45, 7) is 1.11. The maximum absolute atomic E-state index is 12.4. The fourth-order valence-electron chi connectivity index (χ4n) is 3.01. The number of rotatable bonds is 9. The molecule has 0 fully saturated rings. The van der Waals surface area contributed by atoms with Crippen LogP contribution in [0.4, 0.5) is 0 Å². The van der Waals surface area contributed by atoms with Gasteiger partial charge in [-0.1, -0.05) is 53.8 Å². The van der Waals surface area contributed by atoms with Crippen LogP contribution in [-0.4, -0.2) is 38.4 Å². The predicted molar refractivity (Wildman–Crippen MR) is 115 cm³/mol. The van der Waals surface area contributed by atoms with Crippen LogP contribution < -0.4 is 4.80 Å². The van der Waals surface area contributed by atoms with Crippen molar-refractivity contribution in [2.24, 2.45) is 4.99 Å². The Kier molecular flexibility index (Phi) is 7.35. The molecule has 0 aliphatic heterocycles. The number of ether oxygens (including phenoxy) is 1. The second-order valence-electron chi connectivity index (χ2n) is 6.68. The van der Waals surface area contributed by atoms with E-state index < -0.39 is 9.84 Å². The Morgan fingerprint density at radius 2 is 1.83 bits per heavy atom. The van der Waals surface area contributed by atoms with E-state index >= 15 is 0 Å². The van der Waals surface area contributed by atoms with Crippen molar-refractivity contribution in [2.45, 2.75) is 25.1 Å². The van der Waals surface area contributed by atoms with Gasteiger partial charge in [0.25, 0.3) is 0 Å². The maximum Gasteiger partial charge on any atom is 0.248 e. The van der Waals surface area contributed by atoms with Crippen LogP contribution in [0.2, 0.25) is 0 Å². The van der Waals surface area contributed by atoms with E-state index in [-0.39, 0.29) is 30.3 Å². The number of thiazole rings is 1. The first-order valence-corrected chi connectivity index (χ1v) is 12.0. The third-order valence-electron chi connectivity index (χ3n) is 4.40. The Hall–Kier alpha value is -2.29. The van der Waals surface area contributed by atoms with Crippen molar-refractivity contribution in [3.8, 4) is 0 Å². The number of amides is 1. The molecule has 6 nitrogen and oxygen atoms in total. The molecule has 2 aromatic carbocycles. The van der Waals surface area contributed by atoms with Crippen molar-refractivity contribution in [3.05, 3.63) is 65.0 Å². The molecule has 1 aromatic heterocycles. The largest absolute Gasteiger partial charge is 0.383 e. The van der Waals surface area contributed by atoms with Gasteiger partial charge in [-0.2, -0.15) is 4.99 Å². The molecule has 0 atom stereocenters. The van der Waals surface area contributed by atoms with Gasteiger partial charge in [0, 0.05) is 20.1 Å². The quantitative estimate of drug-likeness (QED) is 0.520. The molecule has 29 heavy (non-hydrogen) atoms. The van der Waals surface area contributed by atoms with E-state index in [1.54, 1.807) is 19.2 Å². The molecule has 8 heteroatoms. The molecule has 0 bridgehead atoms. The van der Waals surface area contributed by atoms with Crippen molar-refractivity contribution in [1.29, 1.82) is 0 Å². The highest BCUT2D eigenvalue weighted by Crippen LogP contribution is 2.16. The van der Waals surface area contributed by atoms with E-state index in [4.69, 9.17) is 4.74 Å². The van der Waals surface area contributed by atoms with Crippen molar-refractivity contribution in [2.75, 3.05) is 19.5 Å². The van der Waals surface area contributed by atoms with Crippen LogP contribution in [0.25, 0.3) is 10.2 Å². The first-order chi connectivity index (χ1) is 14.0. The number of benzene rings is 2. The molecule has 0 saturated heterocycles. The standard InChI is InChI=1S/C21H24N2O4S2/c1-27-14-13-23-18-10-5-6-11-19(18)28-21(23)22-20(24)12-7-15-29(25,26)16-17-8-3-2-4-9-17/h2-6,8-11H,7,12-16H2,1H3. The second-order valence-corrected chi connectivity index (χ2v) is 9.88. The summed E-state index contributed by atoms with van der Waals surface area (Å²) in [5.41, 5.74) is 1.76. The first-order valence-electron chi connectivity index (χ1n) is 9.38. The van der Waals surface area contributed by atoms with Gasteiger partial charge in [-0.3, -0.25) is 4.79 Å². The second kappa shape index (κ2) is 9.96. The minimum Gasteiger partial charge on any atom is -0.383 e. The van der Waals surface area contributed by atoms with Gasteiger partial charge in [-0.25, -0.2) is 8.42 Å². The highest BCUT2D eigenvalue weighted by molar-refractivity contribution is 7.90. The number of hydrogen-bond acceptors (Lipinski definition) is 5. The average molecular weight is 433 g/mol. The fourth-order valence-corrected chi connectivity index (χ4v) is 5.51. The number of fused-ring (bicyclic) bond motifs is 1. The third-order valence-corrected chi connectivity index (χ3v) is 7.15. The first kappa shape index (κ1) is 21.4. The number of hydrogen-bond donors (Lipinski definition) is 0. The van der Waals surface area contributed by atoms with Crippen LogP contribution in [0.15, 0.2) is 59.6 Å². The molecule has 1 amide bonds. The Balaban J connectivity index is 1.66. The molecule has 0 unspecified atom stereocenters. The smallest absolute Gasteiger partial charge is 0.248 e. The number of carbonyl (C=O) groups is 1. The van der Waals surface area contributed by atoms with Crippen molar-refractivity contribution >= 4 is 37.3 Å². The number of aromatic nitrogens is 1. The van der Waals surface area contributed by atoms with E-state index in [1.807, 2.05) is 47.0 Å². The summed E-state index contributed by atoms with van der Waals surface area (Å²) < 4.78 is 32.7. The Morgan fingerprint density at radius 1 is 1.10 bits per heavy atom. The van der Waals surface area contributed by atoms with Crippen LogP contribution >= 0.6 is 11.3 Å². The molecule has 1 heterocycles. The molecule has 154 valence electrons. The molecule has 0 aliphatic carbocycles. The summed E-state index contributed by atoms with van der Waals surface area (Å²) in [5, 5.41) is 0. The van der Waals surface area contributed by atoms with E-state index in [0.717, 1.165) is 15.8 Å². The minimum absolute atomic E-state index is 0.00744. The normalized spacial score (nSPS) is 12.5. The highest BCUT2D eigenvalue weighted by Gasteiger charge is 2.13. The van der Waals surface area contributed by atoms with Gasteiger partial charge >= 0.3 is 0 Å². The van der Waals surface area contributed by atoms with Crippen molar-refractivity contribution in [3.63, 3.8) is 0 Å². The lowest BCUT2D eigenvalue weighted by molar-refractivity contribution is -0.118. The molecule has 3 rings (SSSR count). The van der Waals surface area contributed by atoms with E-state index in [1.165, 1.54) is 11.3 Å². The minimum atomic E-state index is -3.26. The highest BCUT2D eigenvalue weighted by atomic mass is 32.2. The van der Waals surface area contributed by atoms with Crippen LogP contribution in [0.1, 0.15) is 18.4 Å². The zero-order valence-corrected chi connectivity index (χ0v) is 17.9. The fraction of sp³-hybridized carbons (Fsp3) is 0.333. The lowest BCUT2D eigenvalue weighted by Crippen LogP contribution is -2.19. The van der Waals surface area contributed by atoms with Gasteiger partial charge in [0.05, 0.1) is 28.3 Å². The molecule has 0 aliphatic rings. The lowest BCUT2D eigenvalue weighted by atomic mass is 10.2. The summed E-state index contributed by atoms with van der Waals surface area (Å²) in [4.78, 5) is 17.2. The van der Waals surface area contributed by atoms with Crippen molar-refractivity contribution < 1.29 is 17.9 Å². The Bertz CT molecular complexity index is 1130. The third kappa shape index (κ3) is 6.09. The summed E-state index contributed by atoms with van der Waals surface area (Å²) in [6, 6.07) is 16.9. The number of methoxy groups -OCH3 is 1. The van der Waals surface area contributed by atoms with Gasteiger partial charge in [0.2, 0.25) is 5.91 Å². The number of carbonyl (C=O) groups excluding carboxylic acids is 1. The summed E-state index contributed by atoms with van der Waals surface area (Å²) >= 11 is 1.45. The number of para-hydroxylation sites is 1. The van der Waals surface area contributed by atoms with Crippen molar-refractivity contribution in [1.82, 2.24) is 4.57 Å².